The van der Waals surface area contributed by atoms with Gasteiger partial charge < -0.3 is 0 Å². The van der Waals surface area contributed by atoms with E-state index in [1.165, 1.54) is 22.3 Å². The maximum atomic E-state index is 4.87. The third-order valence-electron chi connectivity index (χ3n) is 8.31. The van der Waals surface area contributed by atoms with Crippen molar-refractivity contribution in [3.05, 3.63) is 168 Å². The maximum absolute atomic E-state index is 4.87. The molecule has 45 heavy (non-hydrogen) atoms. The third kappa shape index (κ3) is 5.87. The summed E-state index contributed by atoms with van der Waals surface area (Å²) in [7, 11) is 0. The highest BCUT2D eigenvalue weighted by atomic mass is 79.9. The van der Waals surface area contributed by atoms with Crippen molar-refractivity contribution in [2.45, 2.75) is 13.8 Å². The minimum atomic E-state index is 0.984. The fourth-order valence-corrected chi connectivity index (χ4v) is 6.54. The Morgan fingerprint density at radius 3 is 1.16 bits per heavy atom. The average Bonchev–Trinajstić information content (AvgIpc) is 3.09. The molecule has 3 heteroatoms. The molecule has 0 aliphatic rings. The van der Waals surface area contributed by atoms with Gasteiger partial charge in [-0.15, -0.1) is 0 Å². The molecule has 2 heterocycles. The second kappa shape index (κ2) is 12.5. The van der Waals surface area contributed by atoms with E-state index in [1.54, 1.807) is 0 Å². The Bertz CT molecular complexity index is 1980. The van der Waals surface area contributed by atoms with Crippen LogP contribution >= 0.6 is 15.9 Å². The van der Waals surface area contributed by atoms with Crippen LogP contribution in [-0.2, 0) is 0 Å². The Hall–Kier alpha value is -5.12. The topological polar surface area (TPSA) is 25.8 Å². The predicted octanol–water partition coefficient (Wildman–Crippen LogP) is 11.9. The monoisotopic (exact) mass is 642 g/mol. The first kappa shape index (κ1) is 28.6. The lowest BCUT2D eigenvalue weighted by Gasteiger charge is -2.17. The first-order chi connectivity index (χ1) is 22.0. The minimum Gasteiger partial charge on any atom is -0.256 e. The Balaban J connectivity index is 1.30. The van der Waals surface area contributed by atoms with Gasteiger partial charge in [0.25, 0.3) is 0 Å². The van der Waals surface area contributed by atoms with Gasteiger partial charge in [0.15, 0.2) is 0 Å². The molecule has 0 spiro atoms. The number of rotatable bonds is 6. The fraction of sp³-hybridized carbons (Fsp3) is 0.0476. The van der Waals surface area contributed by atoms with Crippen LogP contribution in [0.1, 0.15) is 11.1 Å². The number of benzene rings is 5. The lowest BCUT2D eigenvalue weighted by molar-refractivity contribution is 1.28. The van der Waals surface area contributed by atoms with Crippen LogP contribution in [0.15, 0.2) is 156 Å². The molecule has 0 N–H and O–H groups in total. The van der Waals surface area contributed by atoms with Crippen molar-refractivity contribution in [2.24, 2.45) is 0 Å². The van der Waals surface area contributed by atoms with Gasteiger partial charge in [0, 0.05) is 39.1 Å². The molecule has 7 rings (SSSR count). The molecule has 0 aliphatic heterocycles. The number of halogens is 1. The van der Waals surface area contributed by atoms with Crippen LogP contribution in [0.2, 0.25) is 0 Å². The van der Waals surface area contributed by atoms with E-state index in [-0.39, 0.29) is 0 Å². The van der Waals surface area contributed by atoms with Gasteiger partial charge in [-0.25, -0.2) is 0 Å². The summed E-state index contributed by atoms with van der Waals surface area (Å²) in [6, 6.07) is 49.0. The largest absolute Gasteiger partial charge is 0.256 e. The van der Waals surface area contributed by atoms with Crippen molar-refractivity contribution in [3.63, 3.8) is 0 Å². The van der Waals surface area contributed by atoms with E-state index in [2.05, 4.69) is 157 Å². The Labute approximate surface area is 273 Å². The van der Waals surface area contributed by atoms with Crippen molar-refractivity contribution in [2.75, 3.05) is 0 Å². The van der Waals surface area contributed by atoms with Crippen molar-refractivity contribution >= 4 is 15.9 Å². The summed E-state index contributed by atoms with van der Waals surface area (Å²) in [5, 5.41) is 0. The van der Waals surface area contributed by atoms with Gasteiger partial charge in [-0.05, 0) is 88.7 Å². The summed E-state index contributed by atoms with van der Waals surface area (Å²) in [6.45, 7) is 4.34. The van der Waals surface area contributed by atoms with Gasteiger partial charge in [0.1, 0.15) is 0 Å². The molecule has 0 fully saturated rings. The average molecular weight is 644 g/mol. The Kier molecular flexibility index (Phi) is 7.94. The zero-order valence-corrected chi connectivity index (χ0v) is 26.8. The Morgan fingerprint density at radius 1 is 0.378 bits per heavy atom. The number of hydrogen-bond donors (Lipinski definition) is 0. The molecule has 7 aromatic rings. The van der Waals surface area contributed by atoms with E-state index in [1.807, 2.05) is 24.5 Å². The predicted molar refractivity (Wildman–Crippen MR) is 192 cm³/mol. The van der Waals surface area contributed by atoms with E-state index >= 15 is 0 Å². The molecule has 0 saturated carbocycles. The van der Waals surface area contributed by atoms with Crippen LogP contribution in [0, 0.1) is 13.8 Å². The summed E-state index contributed by atoms with van der Waals surface area (Å²) in [5.41, 5.74) is 15.8. The maximum Gasteiger partial charge on any atom is 0.0705 e. The molecule has 0 atom stereocenters. The van der Waals surface area contributed by atoms with Crippen LogP contribution in [0.4, 0.5) is 0 Å². The third-order valence-corrected chi connectivity index (χ3v) is 8.77. The van der Waals surface area contributed by atoms with E-state index in [9.17, 15) is 0 Å². The molecule has 0 saturated heterocycles. The molecule has 216 valence electrons. The van der Waals surface area contributed by atoms with Gasteiger partial charge in [-0.2, -0.15) is 0 Å². The summed E-state index contributed by atoms with van der Waals surface area (Å²) >= 11 is 3.84. The Morgan fingerprint density at radius 2 is 0.756 bits per heavy atom. The number of hydrogen-bond acceptors (Lipinski definition) is 2. The van der Waals surface area contributed by atoms with Crippen molar-refractivity contribution < 1.29 is 0 Å². The zero-order chi connectivity index (χ0) is 30.8. The lowest BCUT2D eigenvalue weighted by Crippen LogP contribution is -1.94. The first-order valence-electron chi connectivity index (χ1n) is 15.1. The summed E-state index contributed by atoms with van der Waals surface area (Å²) < 4.78 is 1.03. The molecular weight excluding hydrogens is 612 g/mol. The minimum absolute atomic E-state index is 0.984. The van der Waals surface area contributed by atoms with E-state index in [0.717, 1.165) is 60.4 Å². The smallest absolute Gasteiger partial charge is 0.0705 e. The van der Waals surface area contributed by atoms with Crippen LogP contribution in [0.3, 0.4) is 0 Å². The second-order valence-electron chi connectivity index (χ2n) is 11.3. The summed E-state index contributed by atoms with van der Waals surface area (Å²) in [5.74, 6) is 0. The van der Waals surface area contributed by atoms with Gasteiger partial charge in [-0.1, -0.05) is 125 Å². The molecule has 5 aromatic carbocycles. The van der Waals surface area contributed by atoms with Gasteiger partial charge in [0.05, 0.1) is 11.4 Å². The zero-order valence-electron chi connectivity index (χ0n) is 25.2. The number of aromatic nitrogens is 2. The van der Waals surface area contributed by atoms with Crippen molar-refractivity contribution in [1.29, 1.82) is 0 Å². The quantitative estimate of drug-likeness (QED) is 0.180. The first-order valence-corrected chi connectivity index (χ1v) is 15.9. The molecule has 0 unspecified atom stereocenters. The SMILES string of the molecule is Cc1cc(-c2ccccc2)ncc1-c1ccccc1-c1cc(Br)cc(-c2ccccc2-c2cnc(-c3ccccc3)cc2C)c1. The van der Waals surface area contributed by atoms with E-state index in [0.29, 0.717) is 0 Å². The highest BCUT2D eigenvalue weighted by molar-refractivity contribution is 9.10. The highest BCUT2D eigenvalue weighted by Gasteiger charge is 2.16. The molecule has 0 aliphatic carbocycles. The standard InChI is InChI=1S/C42H31BrN2/c1-28-21-41(30-13-5-3-6-14-30)44-26-39(28)37-19-11-9-17-35(37)32-23-33(25-34(43)24-32)36-18-10-12-20-38(36)40-27-45-42(22-29(40)2)31-15-7-4-8-16-31/h3-27H,1-2H3. The van der Waals surface area contributed by atoms with Gasteiger partial charge in [-0.3, -0.25) is 9.97 Å². The van der Waals surface area contributed by atoms with E-state index < -0.39 is 0 Å². The number of aryl methyl sites for hydroxylation is 2. The molecule has 0 radical (unpaired) electrons. The van der Waals surface area contributed by atoms with Crippen molar-refractivity contribution in [3.8, 4) is 67.0 Å². The summed E-state index contributed by atoms with van der Waals surface area (Å²) in [6.07, 6.45) is 4.03. The van der Waals surface area contributed by atoms with Crippen LogP contribution in [0.25, 0.3) is 67.0 Å². The molecular formula is C42H31BrN2. The van der Waals surface area contributed by atoms with E-state index in [4.69, 9.17) is 9.97 Å². The second-order valence-corrected chi connectivity index (χ2v) is 12.2. The van der Waals surface area contributed by atoms with Crippen molar-refractivity contribution in [1.82, 2.24) is 9.97 Å². The molecule has 0 amide bonds. The fourth-order valence-electron chi connectivity index (χ4n) is 6.05. The van der Waals surface area contributed by atoms with Crippen LogP contribution < -0.4 is 0 Å². The lowest BCUT2D eigenvalue weighted by atomic mass is 9.89. The summed E-state index contributed by atoms with van der Waals surface area (Å²) in [4.78, 5) is 9.73. The number of nitrogens with zero attached hydrogens (tertiary/aromatic N) is 2. The highest BCUT2D eigenvalue weighted by Crippen LogP contribution is 2.40. The van der Waals surface area contributed by atoms with Gasteiger partial charge in [0.2, 0.25) is 0 Å². The van der Waals surface area contributed by atoms with Crippen LogP contribution in [0.5, 0.6) is 0 Å². The number of pyridine rings is 2. The van der Waals surface area contributed by atoms with Crippen LogP contribution in [-0.4, -0.2) is 9.97 Å². The molecule has 2 aromatic heterocycles. The van der Waals surface area contributed by atoms with Gasteiger partial charge >= 0.3 is 0 Å². The molecule has 2 nitrogen and oxygen atoms in total. The normalized spacial score (nSPS) is 11.0. The molecule has 0 bridgehead atoms.